The van der Waals surface area contributed by atoms with E-state index in [4.69, 9.17) is 0 Å². The molecule has 1 saturated heterocycles. The molecule has 2 aromatic rings. The summed E-state index contributed by atoms with van der Waals surface area (Å²) in [6.45, 7) is 4.02. The van der Waals surface area contributed by atoms with E-state index in [2.05, 4.69) is 16.4 Å². The number of carbonyl (C=O) groups excluding carboxylic acids is 1. The van der Waals surface area contributed by atoms with Crippen LogP contribution in [0.25, 0.3) is 6.08 Å². The SMILES string of the molecule is Cc1ccc(N=C2NC(=O)/C(=C/c3ccc(F)cc3)S2)c(C)c1. The van der Waals surface area contributed by atoms with E-state index in [1.807, 2.05) is 26.0 Å². The lowest BCUT2D eigenvalue weighted by molar-refractivity contribution is -0.115. The van der Waals surface area contributed by atoms with Gasteiger partial charge in [0.05, 0.1) is 10.6 Å². The highest BCUT2D eigenvalue weighted by Crippen LogP contribution is 2.29. The Bertz CT molecular complexity index is 825. The van der Waals surface area contributed by atoms with E-state index in [0.29, 0.717) is 10.1 Å². The molecule has 0 unspecified atom stereocenters. The number of hydrogen-bond donors (Lipinski definition) is 1. The minimum atomic E-state index is -0.298. The lowest BCUT2D eigenvalue weighted by Crippen LogP contribution is -2.19. The van der Waals surface area contributed by atoms with Crippen molar-refractivity contribution in [2.75, 3.05) is 0 Å². The second-order valence-electron chi connectivity index (χ2n) is 5.32. The Balaban J connectivity index is 1.84. The number of nitrogens with one attached hydrogen (secondary N) is 1. The van der Waals surface area contributed by atoms with Crippen LogP contribution in [-0.4, -0.2) is 11.1 Å². The zero-order chi connectivity index (χ0) is 16.4. The van der Waals surface area contributed by atoms with Crippen LogP contribution < -0.4 is 5.32 Å². The summed E-state index contributed by atoms with van der Waals surface area (Å²) in [6.07, 6.45) is 1.73. The fraction of sp³-hybridized carbons (Fsp3) is 0.111. The van der Waals surface area contributed by atoms with Gasteiger partial charge >= 0.3 is 0 Å². The second-order valence-corrected chi connectivity index (χ2v) is 6.35. The van der Waals surface area contributed by atoms with Gasteiger partial charge in [0.1, 0.15) is 5.82 Å². The highest BCUT2D eigenvalue weighted by Gasteiger charge is 2.23. The van der Waals surface area contributed by atoms with Crippen molar-refractivity contribution in [1.82, 2.24) is 5.32 Å². The van der Waals surface area contributed by atoms with Gasteiger partial charge < -0.3 is 5.32 Å². The second kappa shape index (κ2) is 6.38. The van der Waals surface area contributed by atoms with Crippen LogP contribution in [0.15, 0.2) is 52.4 Å². The Morgan fingerprint density at radius 3 is 2.57 bits per heavy atom. The lowest BCUT2D eigenvalue weighted by Gasteiger charge is -2.02. The van der Waals surface area contributed by atoms with Gasteiger partial charge in [-0.2, -0.15) is 0 Å². The standard InChI is InChI=1S/C18H15FN2OS/c1-11-3-8-15(12(2)9-11)20-18-21-17(22)16(23-18)10-13-4-6-14(19)7-5-13/h3-10H,1-2H3,(H,20,21,22)/b16-10-. The molecule has 0 bridgehead atoms. The van der Waals surface area contributed by atoms with E-state index >= 15 is 0 Å². The fourth-order valence-electron chi connectivity index (χ4n) is 2.23. The number of nitrogens with zero attached hydrogens (tertiary/aromatic N) is 1. The summed E-state index contributed by atoms with van der Waals surface area (Å²) in [4.78, 5) is 17.1. The molecule has 0 spiro atoms. The molecule has 116 valence electrons. The van der Waals surface area contributed by atoms with Crippen LogP contribution in [-0.2, 0) is 4.79 Å². The fourth-order valence-corrected chi connectivity index (χ4v) is 3.07. The van der Waals surface area contributed by atoms with E-state index in [1.165, 1.54) is 29.5 Å². The quantitative estimate of drug-likeness (QED) is 0.834. The van der Waals surface area contributed by atoms with Crippen molar-refractivity contribution in [3.05, 3.63) is 69.9 Å². The number of halogens is 1. The summed E-state index contributed by atoms with van der Waals surface area (Å²) in [5.41, 5.74) is 3.84. The molecule has 0 aromatic heterocycles. The number of benzene rings is 2. The molecule has 1 fully saturated rings. The largest absolute Gasteiger partial charge is 0.300 e. The molecule has 3 rings (SSSR count). The number of amides is 1. The predicted molar refractivity (Wildman–Crippen MR) is 93.1 cm³/mol. The van der Waals surface area contributed by atoms with Gasteiger partial charge in [0, 0.05) is 0 Å². The Kier molecular flexibility index (Phi) is 4.30. The first-order chi connectivity index (χ1) is 11.0. The van der Waals surface area contributed by atoms with Crippen molar-refractivity contribution >= 4 is 34.6 Å². The monoisotopic (exact) mass is 326 g/mol. The minimum Gasteiger partial charge on any atom is -0.300 e. The van der Waals surface area contributed by atoms with Crippen LogP contribution >= 0.6 is 11.8 Å². The summed E-state index contributed by atoms with van der Waals surface area (Å²) in [6, 6.07) is 12.0. The Morgan fingerprint density at radius 1 is 1.13 bits per heavy atom. The molecule has 1 aliphatic rings. The number of amidine groups is 1. The van der Waals surface area contributed by atoms with Crippen molar-refractivity contribution in [3.8, 4) is 0 Å². The normalized spacial score (nSPS) is 17.8. The van der Waals surface area contributed by atoms with Crippen LogP contribution in [0.5, 0.6) is 0 Å². The van der Waals surface area contributed by atoms with E-state index in [-0.39, 0.29) is 11.7 Å². The van der Waals surface area contributed by atoms with Gasteiger partial charge in [-0.05, 0) is 61.0 Å². The topological polar surface area (TPSA) is 41.5 Å². The molecular weight excluding hydrogens is 311 g/mol. The molecule has 2 aromatic carbocycles. The zero-order valence-electron chi connectivity index (χ0n) is 12.8. The van der Waals surface area contributed by atoms with Gasteiger partial charge in [0.15, 0.2) is 5.17 Å². The zero-order valence-corrected chi connectivity index (χ0v) is 13.6. The molecule has 23 heavy (non-hydrogen) atoms. The average molecular weight is 326 g/mol. The van der Waals surface area contributed by atoms with Crippen LogP contribution in [0.4, 0.5) is 10.1 Å². The molecule has 0 radical (unpaired) electrons. The number of carbonyl (C=O) groups is 1. The maximum Gasteiger partial charge on any atom is 0.264 e. The number of aryl methyl sites for hydroxylation is 2. The predicted octanol–water partition coefficient (Wildman–Crippen LogP) is 4.33. The smallest absolute Gasteiger partial charge is 0.264 e. The third-order valence-electron chi connectivity index (χ3n) is 3.39. The Hall–Kier alpha value is -2.40. The van der Waals surface area contributed by atoms with Crippen LogP contribution in [0.1, 0.15) is 16.7 Å². The third-order valence-corrected chi connectivity index (χ3v) is 4.30. The summed E-state index contributed by atoms with van der Waals surface area (Å²) in [5.74, 6) is -0.490. The highest BCUT2D eigenvalue weighted by atomic mass is 32.2. The van der Waals surface area contributed by atoms with Gasteiger partial charge in [0.25, 0.3) is 5.91 Å². The highest BCUT2D eigenvalue weighted by molar-refractivity contribution is 8.18. The van der Waals surface area contributed by atoms with Gasteiger partial charge in [-0.25, -0.2) is 9.38 Å². The number of aliphatic imine (C=N–C) groups is 1. The summed E-state index contributed by atoms with van der Waals surface area (Å²) in [5, 5.41) is 3.31. The van der Waals surface area contributed by atoms with E-state index < -0.39 is 0 Å². The average Bonchev–Trinajstić information content (AvgIpc) is 2.84. The summed E-state index contributed by atoms with van der Waals surface area (Å²) < 4.78 is 12.9. The molecule has 5 heteroatoms. The van der Waals surface area contributed by atoms with Gasteiger partial charge in [-0.1, -0.05) is 29.8 Å². The van der Waals surface area contributed by atoms with E-state index in [9.17, 15) is 9.18 Å². The van der Waals surface area contributed by atoms with Crippen LogP contribution in [0.3, 0.4) is 0 Å². The first-order valence-electron chi connectivity index (χ1n) is 7.14. The maximum absolute atomic E-state index is 12.9. The summed E-state index contributed by atoms with van der Waals surface area (Å²) >= 11 is 1.28. The van der Waals surface area contributed by atoms with Crippen molar-refractivity contribution in [1.29, 1.82) is 0 Å². The molecular formula is C18H15FN2OS. The van der Waals surface area contributed by atoms with E-state index in [0.717, 1.165) is 16.8 Å². The van der Waals surface area contributed by atoms with Gasteiger partial charge in [0.2, 0.25) is 0 Å². The number of rotatable bonds is 2. The van der Waals surface area contributed by atoms with Gasteiger partial charge in [-0.3, -0.25) is 4.79 Å². The minimum absolute atomic E-state index is 0.192. The van der Waals surface area contributed by atoms with Gasteiger partial charge in [-0.15, -0.1) is 0 Å². The van der Waals surface area contributed by atoms with Crippen LogP contribution in [0.2, 0.25) is 0 Å². The third kappa shape index (κ3) is 3.68. The summed E-state index contributed by atoms with van der Waals surface area (Å²) in [7, 11) is 0. The van der Waals surface area contributed by atoms with Crippen LogP contribution in [0, 0.1) is 19.7 Å². The first kappa shape index (κ1) is 15.5. The molecule has 0 saturated carbocycles. The molecule has 0 atom stereocenters. The molecule has 1 heterocycles. The molecule has 0 aliphatic carbocycles. The number of thioether (sulfide) groups is 1. The van der Waals surface area contributed by atoms with E-state index in [1.54, 1.807) is 18.2 Å². The van der Waals surface area contributed by atoms with Crippen molar-refractivity contribution in [2.24, 2.45) is 4.99 Å². The molecule has 1 amide bonds. The Morgan fingerprint density at radius 2 is 1.87 bits per heavy atom. The maximum atomic E-state index is 12.9. The molecule has 3 nitrogen and oxygen atoms in total. The van der Waals surface area contributed by atoms with Crippen molar-refractivity contribution in [2.45, 2.75) is 13.8 Å². The Labute approximate surface area is 138 Å². The first-order valence-corrected chi connectivity index (χ1v) is 7.95. The lowest BCUT2D eigenvalue weighted by atomic mass is 10.1. The molecule has 1 N–H and O–H groups in total. The molecule has 1 aliphatic heterocycles. The van der Waals surface area contributed by atoms with Crippen molar-refractivity contribution in [3.63, 3.8) is 0 Å². The van der Waals surface area contributed by atoms with Crippen molar-refractivity contribution < 1.29 is 9.18 Å². The number of hydrogen-bond acceptors (Lipinski definition) is 3.